The summed E-state index contributed by atoms with van der Waals surface area (Å²) in [5.41, 5.74) is 2.06. The van der Waals surface area contributed by atoms with Gasteiger partial charge < -0.3 is 0 Å². The van der Waals surface area contributed by atoms with E-state index in [9.17, 15) is 8.42 Å². The van der Waals surface area contributed by atoms with Crippen LogP contribution in [0.25, 0.3) is 11.3 Å². The van der Waals surface area contributed by atoms with Crippen LogP contribution >= 0.6 is 11.6 Å². The molecule has 7 nitrogen and oxygen atoms in total. The van der Waals surface area contributed by atoms with Crippen molar-refractivity contribution in [3.8, 4) is 11.3 Å². The van der Waals surface area contributed by atoms with E-state index < -0.39 is 10.0 Å². The molecule has 1 fully saturated rings. The van der Waals surface area contributed by atoms with Gasteiger partial charge in [-0.15, -0.1) is 0 Å². The molecule has 0 radical (unpaired) electrons. The van der Waals surface area contributed by atoms with Crippen LogP contribution in [-0.4, -0.2) is 58.6 Å². The fraction of sp³-hybridized carbons (Fsp3) is 0.263. The molecule has 1 aliphatic rings. The average Bonchev–Trinajstić information content (AvgIpc) is 3.17. The molecular formula is C19H20ClN5O2S. The summed E-state index contributed by atoms with van der Waals surface area (Å²) in [6.07, 6.45) is 5.29. The number of piperazine rings is 1. The topological polar surface area (TPSA) is 71.3 Å². The largest absolute Gasteiger partial charge is 0.282 e. The van der Waals surface area contributed by atoms with Gasteiger partial charge in [0.05, 0.1) is 17.3 Å². The molecule has 0 saturated carbocycles. The summed E-state index contributed by atoms with van der Waals surface area (Å²) < 4.78 is 29.1. The highest BCUT2D eigenvalue weighted by molar-refractivity contribution is 7.89. The van der Waals surface area contributed by atoms with Crippen molar-refractivity contribution < 1.29 is 8.42 Å². The molecule has 3 heterocycles. The van der Waals surface area contributed by atoms with Crippen molar-refractivity contribution in [1.29, 1.82) is 0 Å². The standard InChI is InChI=1S/C19H20ClN5O2S/c20-17-1-3-18(4-2-17)28(26,27)24-13-11-23(12-14-24)15-25-19(7-10-22-25)16-5-8-21-9-6-16/h1-10H,11-15H2. The molecule has 1 aliphatic heterocycles. The Kier molecular flexibility index (Phi) is 5.45. The van der Waals surface area contributed by atoms with Gasteiger partial charge in [0.2, 0.25) is 10.0 Å². The van der Waals surface area contributed by atoms with Crippen molar-refractivity contribution in [3.63, 3.8) is 0 Å². The molecule has 2 aromatic heterocycles. The van der Waals surface area contributed by atoms with Crippen molar-refractivity contribution in [2.45, 2.75) is 11.6 Å². The first kappa shape index (κ1) is 19.1. The van der Waals surface area contributed by atoms with Crippen molar-refractivity contribution in [3.05, 3.63) is 66.1 Å². The van der Waals surface area contributed by atoms with Crippen molar-refractivity contribution >= 4 is 21.6 Å². The zero-order valence-corrected chi connectivity index (χ0v) is 16.7. The predicted molar refractivity (Wildman–Crippen MR) is 107 cm³/mol. The quantitative estimate of drug-likeness (QED) is 0.638. The van der Waals surface area contributed by atoms with Gasteiger partial charge in [0.1, 0.15) is 0 Å². The first-order valence-corrected chi connectivity index (χ1v) is 10.8. The number of hydrogen-bond acceptors (Lipinski definition) is 5. The summed E-state index contributed by atoms with van der Waals surface area (Å²) >= 11 is 5.86. The molecule has 3 aromatic rings. The van der Waals surface area contributed by atoms with Gasteiger partial charge in [-0.3, -0.25) is 14.6 Å². The van der Waals surface area contributed by atoms with Gasteiger partial charge in [-0.2, -0.15) is 9.40 Å². The molecule has 28 heavy (non-hydrogen) atoms. The minimum absolute atomic E-state index is 0.275. The summed E-state index contributed by atoms with van der Waals surface area (Å²) in [6.45, 7) is 2.78. The van der Waals surface area contributed by atoms with Crippen LogP contribution in [0.15, 0.2) is 66.0 Å². The number of pyridine rings is 1. The van der Waals surface area contributed by atoms with Crippen molar-refractivity contribution in [2.75, 3.05) is 26.2 Å². The van der Waals surface area contributed by atoms with Gasteiger partial charge in [0.15, 0.2) is 0 Å². The van der Waals surface area contributed by atoms with Gasteiger partial charge in [0, 0.05) is 55.4 Å². The van der Waals surface area contributed by atoms with Crippen LogP contribution < -0.4 is 0 Å². The lowest BCUT2D eigenvalue weighted by Gasteiger charge is -2.34. The molecule has 0 atom stereocenters. The van der Waals surface area contributed by atoms with Gasteiger partial charge >= 0.3 is 0 Å². The van der Waals surface area contributed by atoms with Crippen LogP contribution in [-0.2, 0) is 16.7 Å². The monoisotopic (exact) mass is 417 g/mol. The molecule has 1 saturated heterocycles. The van der Waals surface area contributed by atoms with E-state index in [-0.39, 0.29) is 4.90 Å². The van der Waals surface area contributed by atoms with Crippen LogP contribution in [0, 0.1) is 0 Å². The van der Waals surface area contributed by atoms with E-state index in [0.29, 0.717) is 37.9 Å². The third-order valence-corrected chi connectivity index (χ3v) is 6.97. The van der Waals surface area contributed by atoms with E-state index in [2.05, 4.69) is 15.0 Å². The molecule has 0 spiro atoms. The highest BCUT2D eigenvalue weighted by Gasteiger charge is 2.28. The third-order valence-electron chi connectivity index (χ3n) is 4.81. The van der Waals surface area contributed by atoms with E-state index in [1.807, 2.05) is 22.9 Å². The van der Waals surface area contributed by atoms with Gasteiger partial charge in [-0.25, -0.2) is 8.42 Å². The minimum Gasteiger partial charge on any atom is -0.282 e. The van der Waals surface area contributed by atoms with Crippen LogP contribution in [0.4, 0.5) is 0 Å². The number of benzene rings is 1. The summed E-state index contributed by atoms with van der Waals surface area (Å²) in [5.74, 6) is 0. The van der Waals surface area contributed by atoms with E-state index in [0.717, 1.165) is 11.3 Å². The van der Waals surface area contributed by atoms with Crippen LogP contribution in [0.1, 0.15) is 0 Å². The van der Waals surface area contributed by atoms with Crippen molar-refractivity contribution in [1.82, 2.24) is 24.0 Å². The van der Waals surface area contributed by atoms with Gasteiger partial charge in [-0.05, 0) is 42.5 Å². The fourth-order valence-corrected chi connectivity index (χ4v) is 4.82. The summed E-state index contributed by atoms with van der Waals surface area (Å²) in [6, 6.07) is 12.2. The van der Waals surface area contributed by atoms with Crippen LogP contribution in [0.5, 0.6) is 0 Å². The van der Waals surface area contributed by atoms with Crippen LogP contribution in [0.2, 0.25) is 5.02 Å². The molecule has 0 N–H and O–H groups in total. The summed E-state index contributed by atoms with van der Waals surface area (Å²) in [5, 5.41) is 4.94. The highest BCUT2D eigenvalue weighted by Crippen LogP contribution is 2.21. The van der Waals surface area contributed by atoms with E-state index in [1.165, 1.54) is 4.31 Å². The lowest BCUT2D eigenvalue weighted by molar-refractivity contribution is 0.146. The number of aromatic nitrogens is 3. The molecule has 0 amide bonds. The molecule has 0 unspecified atom stereocenters. The van der Waals surface area contributed by atoms with Gasteiger partial charge in [-0.1, -0.05) is 11.6 Å². The second-order valence-corrected chi connectivity index (χ2v) is 8.94. The number of rotatable bonds is 5. The van der Waals surface area contributed by atoms with E-state index >= 15 is 0 Å². The Morgan fingerprint density at radius 2 is 1.57 bits per heavy atom. The van der Waals surface area contributed by atoms with Crippen molar-refractivity contribution in [2.24, 2.45) is 0 Å². The second kappa shape index (κ2) is 8.00. The zero-order chi connectivity index (χ0) is 19.6. The molecule has 146 valence electrons. The van der Waals surface area contributed by atoms with E-state index in [4.69, 9.17) is 11.6 Å². The Balaban J connectivity index is 1.42. The predicted octanol–water partition coefficient (Wildman–Crippen LogP) is 2.56. The Morgan fingerprint density at radius 1 is 0.893 bits per heavy atom. The lowest BCUT2D eigenvalue weighted by atomic mass is 10.2. The van der Waals surface area contributed by atoms with Crippen LogP contribution in [0.3, 0.4) is 0 Å². The number of hydrogen-bond donors (Lipinski definition) is 0. The molecule has 9 heteroatoms. The summed E-state index contributed by atoms with van der Waals surface area (Å²) in [4.78, 5) is 6.53. The Labute approximate surface area is 169 Å². The highest BCUT2D eigenvalue weighted by atomic mass is 35.5. The molecule has 1 aromatic carbocycles. The number of halogens is 1. The number of nitrogens with zero attached hydrogens (tertiary/aromatic N) is 5. The van der Waals surface area contributed by atoms with E-state index in [1.54, 1.807) is 42.9 Å². The third kappa shape index (κ3) is 3.95. The Morgan fingerprint density at radius 3 is 2.25 bits per heavy atom. The van der Waals surface area contributed by atoms with Gasteiger partial charge in [0.25, 0.3) is 0 Å². The maximum atomic E-state index is 12.8. The lowest BCUT2D eigenvalue weighted by Crippen LogP contribution is -2.48. The molecule has 0 bridgehead atoms. The summed E-state index contributed by atoms with van der Waals surface area (Å²) in [7, 11) is -3.50. The number of sulfonamides is 1. The smallest absolute Gasteiger partial charge is 0.243 e. The maximum absolute atomic E-state index is 12.8. The molecule has 4 rings (SSSR count). The second-order valence-electron chi connectivity index (χ2n) is 6.57. The average molecular weight is 418 g/mol. The SMILES string of the molecule is O=S(=O)(c1ccc(Cl)cc1)N1CCN(Cn2nccc2-c2ccncc2)CC1. The molecular weight excluding hydrogens is 398 g/mol. The maximum Gasteiger partial charge on any atom is 0.243 e. The fourth-order valence-electron chi connectivity index (χ4n) is 3.27. The first-order valence-electron chi connectivity index (χ1n) is 8.94. The molecule has 0 aliphatic carbocycles. The Bertz CT molecular complexity index is 1030. The Hall–Kier alpha value is -2.26. The zero-order valence-electron chi connectivity index (χ0n) is 15.1. The normalized spacial score (nSPS) is 16.3. The first-order chi connectivity index (χ1) is 13.5. The minimum atomic E-state index is -3.50.